The third-order valence-electron chi connectivity index (χ3n) is 5.42. The summed E-state index contributed by atoms with van der Waals surface area (Å²) in [6.45, 7) is 1.45. The molecule has 202 valence electrons. The van der Waals surface area contributed by atoms with Crippen molar-refractivity contribution in [2.24, 2.45) is 0 Å². The van der Waals surface area contributed by atoms with Gasteiger partial charge in [0.15, 0.2) is 11.6 Å². The van der Waals surface area contributed by atoms with Crippen LogP contribution in [-0.2, 0) is 33.8 Å². The van der Waals surface area contributed by atoms with E-state index >= 15 is 0 Å². The van der Waals surface area contributed by atoms with Crippen LogP contribution in [0.3, 0.4) is 0 Å². The number of aryl methyl sites for hydroxylation is 2. The van der Waals surface area contributed by atoms with Gasteiger partial charge >= 0.3 is 6.18 Å². The lowest BCUT2D eigenvalue weighted by atomic mass is 10.0. The zero-order valence-corrected chi connectivity index (χ0v) is 21.1. The lowest BCUT2D eigenvalue weighted by Gasteiger charge is -2.15. The fourth-order valence-corrected chi connectivity index (χ4v) is 4.13. The number of aromatic nitrogens is 1. The molecule has 12 heteroatoms. The van der Waals surface area contributed by atoms with Crippen LogP contribution in [0.2, 0.25) is 0 Å². The highest BCUT2D eigenvalue weighted by molar-refractivity contribution is 7.92. The predicted molar refractivity (Wildman–Crippen MR) is 134 cm³/mol. The van der Waals surface area contributed by atoms with E-state index in [1.807, 2.05) is 30.3 Å². The lowest BCUT2D eigenvalue weighted by Crippen LogP contribution is -2.25. The molecule has 0 bridgehead atoms. The van der Waals surface area contributed by atoms with Gasteiger partial charge < -0.3 is 5.32 Å². The maximum atomic E-state index is 14.3. The molecule has 1 aromatic heterocycles. The summed E-state index contributed by atoms with van der Waals surface area (Å²) in [6.07, 6.45) is -0.866. The minimum atomic E-state index is -4.63. The van der Waals surface area contributed by atoms with E-state index in [9.17, 15) is 35.2 Å². The van der Waals surface area contributed by atoms with Crippen molar-refractivity contribution in [2.45, 2.75) is 32.0 Å². The van der Waals surface area contributed by atoms with Gasteiger partial charge in [-0.2, -0.15) is 13.2 Å². The van der Waals surface area contributed by atoms with E-state index in [1.165, 1.54) is 19.1 Å². The van der Waals surface area contributed by atoms with Crippen molar-refractivity contribution in [3.63, 3.8) is 0 Å². The number of carbonyl (C=O) groups is 1. The Labute approximate surface area is 216 Å². The number of nitrogens with one attached hydrogen (secondary N) is 2. The monoisotopic (exact) mass is 553 g/mol. The number of anilines is 1. The van der Waals surface area contributed by atoms with E-state index in [4.69, 9.17) is 0 Å². The summed E-state index contributed by atoms with van der Waals surface area (Å²) >= 11 is 0. The summed E-state index contributed by atoms with van der Waals surface area (Å²) < 4.78 is 92.5. The molecule has 3 rings (SSSR count). The van der Waals surface area contributed by atoms with Crippen LogP contribution in [0.5, 0.6) is 0 Å². The summed E-state index contributed by atoms with van der Waals surface area (Å²) in [4.78, 5) is 16.2. The molecule has 1 amide bonds. The lowest BCUT2D eigenvalue weighted by molar-refractivity contribution is -0.141. The molecule has 6 nitrogen and oxygen atoms in total. The average molecular weight is 554 g/mol. The number of sulfonamides is 1. The molecule has 3 aromatic rings. The molecular formula is C26H24F5N3O3S. The van der Waals surface area contributed by atoms with Gasteiger partial charge in [0, 0.05) is 11.8 Å². The highest BCUT2D eigenvalue weighted by atomic mass is 32.2. The predicted octanol–water partition coefficient (Wildman–Crippen LogP) is 5.43. The van der Waals surface area contributed by atoms with Crippen LogP contribution in [0.4, 0.5) is 27.6 Å². The number of hydrogen-bond acceptors (Lipinski definition) is 4. The Morgan fingerprint density at radius 2 is 1.66 bits per heavy atom. The van der Waals surface area contributed by atoms with Crippen molar-refractivity contribution in [2.75, 3.05) is 11.0 Å². The van der Waals surface area contributed by atoms with Crippen LogP contribution in [0.25, 0.3) is 6.08 Å². The molecule has 1 heterocycles. The number of amides is 1. The molecule has 0 radical (unpaired) electrons. The highest BCUT2D eigenvalue weighted by Gasteiger charge is 2.32. The first-order valence-corrected chi connectivity index (χ1v) is 13.2. The van der Waals surface area contributed by atoms with Crippen LogP contribution in [0.15, 0.2) is 60.7 Å². The Kier molecular flexibility index (Phi) is 8.87. The van der Waals surface area contributed by atoms with E-state index in [0.717, 1.165) is 36.1 Å². The van der Waals surface area contributed by atoms with Crippen LogP contribution in [-0.4, -0.2) is 25.6 Å². The summed E-state index contributed by atoms with van der Waals surface area (Å²) in [6, 6.07) is 12.1. The standard InChI is InChI=1S/C26H24F5N3O3S/c1-16(19-14-20(27)25(21(28)15-19)34-38(2,36)37)32-24(35)13-10-18-9-12-23(26(29,30)31)33-22(18)11-8-17-6-4-3-5-7-17/h3-7,9-10,12-16,34H,8,11H2,1-2H3,(H,32,35)/b13-10+/t16-/m1/s1. The number of carbonyl (C=O) groups excluding carboxylic acids is 1. The highest BCUT2D eigenvalue weighted by Crippen LogP contribution is 2.29. The molecule has 0 saturated heterocycles. The maximum absolute atomic E-state index is 14.3. The zero-order valence-electron chi connectivity index (χ0n) is 20.3. The fraction of sp³-hybridized carbons (Fsp3) is 0.231. The van der Waals surface area contributed by atoms with Crippen molar-refractivity contribution in [3.05, 3.63) is 100 Å². The van der Waals surface area contributed by atoms with Gasteiger partial charge in [0.1, 0.15) is 11.4 Å². The molecular weight excluding hydrogens is 529 g/mol. The molecule has 0 aliphatic heterocycles. The van der Waals surface area contributed by atoms with Gasteiger partial charge in [-0.15, -0.1) is 0 Å². The number of hydrogen-bond donors (Lipinski definition) is 2. The Morgan fingerprint density at radius 1 is 1.03 bits per heavy atom. The normalized spacial score (nSPS) is 12.9. The van der Waals surface area contributed by atoms with Crippen molar-refractivity contribution in [1.29, 1.82) is 0 Å². The maximum Gasteiger partial charge on any atom is 0.433 e. The van der Waals surface area contributed by atoms with Gasteiger partial charge in [0.05, 0.1) is 12.3 Å². The first-order chi connectivity index (χ1) is 17.7. The third-order valence-corrected chi connectivity index (χ3v) is 5.99. The second-order valence-corrected chi connectivity index (χ2v) is 10.3. The van der Waals surface area contributed by atoms with Crippen molar-refractivity contribution in [1.82, 2.24) is 10.3 Å². The van der Waals surface area contributed by atoms with Crippen molar-refractivity contribution >= 4 is 27.7 Å². The number of alkyl halides is 3. The number of benzene rings is 2. The molecule has 0 aliphatic carbocycles. The average Bonchev–Trinajstić information content (AvgIpc) is 2.83. The summed E-state index contributed by atoms with van der Waals surface area (Å²) in [5.41, 5.74) is -0.490. The second kappa shape index (κ2) is 11.7. The Hall–Kier alpha value is -3.80. The molecule has 0 unspecified atom stereocenters. The molecule has 0 fully saturated rings. The summed E-state index contributed by atoms with van der Waals surface area (Å²) in [7, 11) is -3.92. The smallest absolute Gasteiger partial charge is 0.346 e. The van der Waals surface area contributed by atoms with E-state index in [2.05, 4.69) is 10.3 Å². The number of nitrogens with zero attached hydrogens (tertiary/aromatic N) is 1. The van der Waals surface area contributed by atoms with Gasteiger partial charge in [-0.05, 0) is 60.7 Å². The number of pyridine rings is 1. The first-order valence-electron chi connectivity index (χ1n) is 11.3. The summed E-state index contributed by atoms with van der Waals surface area (Å²) in [5.74, 6) is -3.01. The minimum absolute atomic E-state index is 0.0283. The van der Waals surface area contributed by atoms with Crippen LogP contribution < -0.4 is 10.0 Å². The SMILES string of the molecule is C[C@@H](NC(=O)/C=C/c1ccc(C(F)(F)F)nc1CCc1ccccc1)c1cc(F)c(NS(C)(=O)=O)c(F)c1. The van der Waals surface area contributed by atoms with Crippen LogP contribution >= 0.6 is 0 Å². The third kappa shape index (κ3) is 8.10. The number of rotatable bonds is 9. The van der Waals surface area contributed by atoms with Gasteiger partial charge in [0.2, 0.25) is 15.9 Å². The zero-order chi connectivity index (χ0) is 28.1. The Morgan fingerprint density at radius 3 is 2.24 bits per heavy atom. The fourth-order valence-electron chi connectivity index (χ4n) is 3.57. The molecule has 0 aliphatic rings. The quantitative estimate of drug-likeness (QED) is 0.274. The Bertz CT molecular complexity index is 1420. The van der Waals surface area contributed by atoms with E-state index in [1.54, 1.807) is 4.72 Å². The molecule has 2 aromatic carbocycles. The Balaban J connectivity index is 1.76. The summed E-state index contributed by atoms with van der Waals surface area (Å²) in [5, 5.41) is 2.50. The van der Waals surface area contributed by atoms with E-state index in [-0.39, 0.29) is 17.7 Å². The first kappa shape index (κ1) is 28.8. The van der Waals surface area contributed by atoms with Gasteiger partial charge in [0.25, 0.3) is 0 Å². The van der Waals surface area contributed by atoms with Crippen molar-refractivity contribution in [3.8, 4) is 0 Å². The van der Waals surface area contributed by atoms with Gasteiger partial charge in [-0.3, -0.25) is 9.52 Å². The largest absolute Gasteiger partial charge is 0.433 e. The van der Waals surface area contributed by atoms with Crippen LogP contribution in [0.1, 0.15) is 41.0 Å². The molecule has 2 N–H and O–H groups in total. The van der Waals surface area contributed by atoms with Gasteiger partial charge in [-0.1, -0.05) is 36.4 Å². The topological polar surface area (TPSA) is 88.2 Å². The second-order valence-electron chi connectivity index (χ2n) is 8.51. The van der Waals surface area contributed by atoms with E-state index in [0.29, 0.717) is 12.0 Å². The molecule has 0 saturated carbocycles. The van der Waals surface area contributed by atoms with Gasteiger partial charge in [-0.25, -0.2) is 22.2 Å². The van der Waals surface area contributed by atoms with Crippen LogP contribution in [0, 0.1) is 11.6 Å². The van der Waals surface area contributed by atoms with E-state index < -0.39 is 51.2 Å². The van der Waals surface area contributed by atoms with Crippen molar-refractivity contribution < 1.29 is 35.2 Å². The minimum Gasteiger partial charge on any atom is -0.346 e. The number of halogens is 5. The molecule has 38 heavy (non-hydrogen) atoms. The molecule has 1 atom stereocenters. The molecule has 0 spiro atoms.